The van der Waals surface area contributed by atoms with Gasteiger partial charge in [0.2, 0.25) is 0 Å². The summed E-state index contributed by atoms with van der Waals surface area (Å²) < 4.78 is 3.73. The van der Waals surface area contributed by atoms with Crippen molar-refractivity contribution < 1.29 is 4.79 Å². The molecule has 0 saturated carbocycles. The van der Waals surface area contributed by atoms with Crippen molar-refractivity contribution in [3.63, 3.8) is 0 Å². The van der Waals surface area contributed by atoms with E-state index in [4.69, 9.17) is 0 Å². The molecular weight excluding hydrogens is 350 g/mol. The Morgan fingerprint density at radius 1 is 1.25 bits per heavy atom. The van der Waals surface area contributed by atoms with Crippen molar-refractivity contribution in [2.75, 3.05) is 13.6 Å². The third-order valence-electron chi connectivity index (χ3n) is 6.56. The molecule has 1 fully saturated rings. The van der Waals surface area contributed by atoms with Crippen LogP contribution in [0, 0.1) is 13.8 Å². The number of nitrogens with zero attached hydrogens (tertiary/aromatic N) is 4. The molecule has 28 heavy (non-hydrogen) atoms. The maximum atomic E-state index is 12.8. The Labute approximate surface area is 165 Å². The third-order valence-corrected chi connectivity index (χ3v) is 6.56. The molecular formula is C22H27N5O. The summed E-state index contributed by atoms with van der Waals surface area (Å²) in [5.74, 6) is 0.433. The summed E-state index contributed by atoms with van der Waals surface area (Å²) in [5, 5.41) is 8.98. The zero-order valence-corrected chi connectivity index (χ0v) is 16.9. The first kappa shape index (κ1) is 17.5. The molecule has 0 bridgehead atoms. The Morgan fingerprint density at radius 3 is 2.82 bits per heavy atom. The van der Waals surface area contributed by atoms with Gasteiger partial charge in [-0.25, -0.2) is 4.79 Å². The van der Waals surface area contributed by atoms with E-state index in [1.807, 2.05) is 19.9 Å². The van der Waals surface area contributed by atoms with Gasteiger partial charge in [0.1, 0.15) is 0 Å². The van der Waals surface area contributed by atoms with E-state index >= 15 is 0 Å². The molecule has 1 aliphatic heterocycles. The predicted octanol–water partition coefficient (Wildman–Crippen LogP) is 2.96. The highest BCUT2D eigenvalue weighted by molar-refractivity contribution is 5.89. The molecule has 0 spiro atoms. The van der Waals surface area contributed by atoms with Gasteiger partial charge in [-0.1, -0.05) is 12.1 Å². The molecule has 3 aromatic rings. The summed E-state index contributed by atoms with van der Waals surface area (Å²) in [5.41, 5.74) is 5.92. The number of rotatable bonds is 1. The minimum Gasteiger partial charge on any atom is -0.350 e. The fourth-order valence-electron chi connectivity index (χ4n) is 5.39. The van der Waals surface area contributed by atoms with Crippen LogP contribution < -0.4 is 5.32 Å². The first-order valence-corrected chi connectivity index (χ1v) is 10.0. The zero-order chi connectivity index (χ0) is 19.6. The first-order chi connectivity index (χ1) is 13.4. The Hall–Kier alpha value is -2.60. The van der Waals surface area contributed by atoms with E-state index in [0.717, 1.165) is 30.8 Å². The molecule has 6 heteroatoms. The average molecular weight is 377 g/mol. The van der Waals surface area contributed by atoms with Crippen LogP contribution in [0.2, 0.25) is 0 Å². The topological polar surface area (TPSA) is 55.1 Å². The Bertz CT molecular complexity index is 1080. The largest absolute Gasteiger partial charge is 0.350 e. The molecule has 3 heterocycles. The molecule has 2 aliphatic rings. The number of benzene rings is 1. The van der Waals surface area contributed by atoms with Crippen LogP contribution in [0.15, 0.2) is 30.5 Å². The number of aromatic nitrogens is 3. The summed E-state index contributed by atoms with van der Waals surface area (Å²) in [6, 6.07) is 9.06. The molecule has 1 saturated heterocycles. The summed E-state index contributed by atoms with van der Waals surface area (Å²) in [6.45, 7) is 4.70. The van der Waals surface area contributed by atoms with Crippen molar-refractivity contribution in [3.05, 3.63) is 53.0 Å². The van der Waals surface area contributed by atoms with Crippen LogP contribution in [0.4, 0.5) is 4.79 Å². The lowest BCUT2D eigenvalue weighted by Gasteiger charge is -2.45. The van der Waals surface area contributed by atoms with E-state index in [9.17, 15) is 4.79 Å². The van der Waals surface area contributed by atoms with Gasteiger partial charge >= 0.3 is 6.03 Å². The second kappa shape index (κ2) is 6.21. The molecule has 2 aromatic heterocycles. The number of aryl methyl sites for hydroxylation is 3. The number of hydrogen-bond acceptors (Lipinski definition) is 3. The van der Waals surface area contributed by atoms with Crippen molar-refractivity contribution in [1.82, 2.24) is 24.6 Å². The number of carbonyl (C=O) groups excluding carboxylic acids is 1. The maximum Gasteiger partial charge on any atom is 0.342 e. The molecule has 5 rings (SSSR count). The van der Waals surface area contributed by atoms with Crippen LogP contribution in [0.5, 0.6) is 0 Å². The average Bonchev–Trinajstić information content (AvgIpc) is 3.16. The van der Waals surface area contributed by atoms with Crippen molar-refractivity contribution in [3.8, 4) is 0 Å². The van der Waals surface area contributed by atoms with E-state index < -0.39 is 0 Å². The molecule has 6 nitrogen and oxygen atoms in total. The van der Waals surface area contributed by atoms with E-state index in [0.29, 0.717) is 12.0 Å². The molecule has 3 atom stereocenters. The van der Waals surface area contributed by atoms with Gasteiger partial charge in [-0.15, -0.1) is 0 Å². The summed E-state index contributed by atoms with van der Waals surface area (Å²) in [7, 11) is 4.32. The quantitative estimate of drug-likeness (QED) is 0.709. The van der Waals surface area contributed by atoms with Gasteiger partial charge in [-0.3, -0.25) is 0 Å². The molecule has 0 radical (unpaired) electrons. The summed E-state index contributed by atoms with van der Waals surface area (Å²) >= 11 is 0. The van der Waals surface area contributed by atoms with Gasteiger partial charge < -0.3 is 14.8 Å². The monoisotopic (exact) mass is 377 g/mol. The predicted molar refractivity (Wildman–Crippen MR) is 110 cm³/mol. The van der Waals surface area contributed by atoms with Gasteiger partial charge in [0.15, 0.2) is 0 Å². The molecule has 0 unspecified atom stereocenters. The van der Waals surface area contributed by atoms with E-state index in [1.54, 1.807) is 0 Å². The second-order valence-corrected chi connectivity index (χ2v) is 8.55. The summed E-state index contributed by atoms with van der Waals surface area (Å²) in [6.07, 6.45) is 4.33. The molecule has 1 N–H and O–H groups in total. The van der Waals surface area contributed by atoms with Gasteiger partial charge in [-0.05, 0) is 57.0 Å². The number of nitrogens with one attached hydrogen (secondary N) is 1. The highest BCUT2D eigenvalue weighted by Gasteiger charge is 2.40. The number of likely N-dealkylation sites (N-methyl/N-ethyl adjacent to an activating group) is 1. The highest BCUT2D eigenvalue weighted by Crippen LogP contribution is 2.43. The van der Waals surface area contributed by atoms with Gasteiger partial charge in [0.25, 0.3) is 0 Å². The number of amides is 1. The number of likely N-dealkylation sites (tertiary alicyclic amines) is 1. The summed E-state index contributed by atoms with van der Waals surface area (Å²) in [4.78, 5) is 15.2. The fraction of sp³-hybridized carbons (Fsp3) is 0.455. The lowest BCUT2D eigenvalue weighted by atomic mass is 9.74. The third kappa shape index (κ3) is 2.58. The van der Waals surface area contributed by atoms with Crippen LogP contribution in [0.3, 0.4) is 0 Å². The minimum atomic E-state index is -0.128. The number of fused-ring (bicyclic) bond motifs is 2. The fourth-order valence-corrected chi connectivity index (χ4v) is 5.39. The lowest BCUT2D eigenvalue weighted by Crippen LogP contribution is -2.55. The van der Waals surface area contributed by atoms with Crippen LogP contribution in [-0.2, 0) is 13.5 Å². The zero-order valence-electron chi connectivity index (χ0n) is 16.9. The lowest BCUT2D eigenvalue weighted by molar-refractivity contribution is 0.128. The molecule has 1 amide bonds. The Kier molecular flexibility index (Phi) is 3.88. The highest BCUT2D eigenvalue weighted by atomic mass is 16.2. The van der Waals surface area contributed by atoms with Crippen molar-refractivity contribution in [2.24, 2.45) is 7.05 Å². The van der Waals surface area contributed by atoms with Crippen LogP contribution in [0.25, 0.3) is 10.9 Å². The van der Waals surface area contributed by atoms with Gasteiger partial charge in [0.05, 0.1) is 5.69 Å². The standard InChI is InChI=1S/C22H27N5O/c1-13-8-14(2)27(24-13)22(28)23-16-10-18-17-6-5-7-19-21(17)15(11-25(19)3)9-20(18)26(4)12-16/h5-8,11,16,18,20H,9-10,12H2,1-4H3,(H,23,28)/t16-,18-,20-/m1/s1. The smallest absolute Gasteiger partial charge is 0.342 e. The number of hydrogen-bond donors (Lipinski definition) is 1. The van der Waals surface area contributed by atoms with Crippen LogP contribution in [-0.4, -0.2) is 51.0 Å². The first-order valence-electron chi connectivity index (χ1n) is 10.0. The van der Waals surface area contributed by atoms with Crippen LogP contribution >= 0.6 is 0 Å². The molecule has 1 aliphatic carbocycles. The molecule has 1 aromatic carbocycles. The van der Waals surface area contributed by atoms with E-state index in [2.05, 4.69) is 58.4 Å². The van der Waals surface area contributed by atoms with Crippen LogP contribution in [0.1, 0.15) is 34.9 Å². The van der Waals surface area contributed by atoms with Crippen molar-refractivity contribution >= 4 is 16.9 Å². The minimum absolute atomic E-state index is 0.114. The second-order valence-electron chi connectivity index (χ2n) is 8.55. The van der Waals surface area contributed by atoms with E-state index in [-0.39, 0.29) is 12.1 Å². The Morgan fingerprint density at radius 2 is 2.07 bits per heavy atom. The SMILES string of the molecule is Cc1cc(C)n(C(=O)N[C@@H]2C[C@@H]3c4cccc5c4c(cn5C)C[C@H]3N(C)C2)n1. The maximum absolute atomic E-state index is 12.8. The van der Waals surface area contributed by atoms with Crippen molar-refractivity contribution in [1.29, 1.82) is 0 Å². The Balaban J connectivity index is 1.45. The number of carbonyl (C=O) groups is 1. The van der Waals surface area contributed by atoms with Crippen molar-refractivity contribution in [2.45, 2.75) is 44.7 Å². The number of piperidine rings is 1. The molecule has 146 valence electrons. The van der Waals surface area contributed by atoms with E-state index in [1.165, 1.54) is 26.7 Å². The normalized spacial score (nSPS) is 24.4. The van der Waals surface area contributed by atoms with Gasteiger partial charge in [0, 0.05) is 54.4 Å². The van der Waals surface area contributed by atoms with Gasteiger partial charge in [-0.2, -0.15) is 9.78 Å².